The molecule has 0 heterocycles. The number of carbonyl (C=O) groups is 2. The Morgan fingerprint density at radius 1 is 1.03 bits per heavy atom. The first kappa shape index (κ1) is 21.5. The number of benzene rings is 2. The smallest absolute Gasteiger partial charge is 0.338 e. The maximum absolute atomic E-state index is 12.1. The topological polar surface area (TPSA) is 126 Å². The maximum atomic E-state index is 12.1. The summed E-state index contributed by atoms with van der Waals surface area (Å²) in [5.41, 5.74) is 0.516. The second kappa shape index (κ2) is 9.40. The van der Waals surface area contributed by atoms with E-state index in [1.165, 1.54) is 45.6 Å². The highest BCUT2D eigenvalue weighted by Gasteiger charge is 2.18. The zero-order valence-electron chi connectivity index (χ0n) is 16.3. The van der Waals surface area contributed by atoms with Gasteiger partial charge in [-0.2, -0.15) is 0 Å². The van der Waals surface area contributed by atoms with Crippen molar-refractivity contribution in [2.45, 2.75) is 6.92 Å². The number of nitrogens with one attached hydrogen (secondary N) is 1. The van der Waals surface area contributed by atoms with Gasteiger partial charge in [-0.25, -0.2) is 4.79 Å². The highest BCUT2D eigenvalue weighted by atomic mass is 16.6. The van der Waals surface area contributed by atoms with E-state index in [4.69, 9.17) is 18.9 Å². The van der Waals surface area contributed by atoms with Crippen LogP contribution in [0.15, 0.2) is 30.3 Å². The van der Waals surface area contributed by atoms with Crippen molar-refractivity contribution >= 4 is 23.3 Å². The lowest BCUT2D eigenvalue weighted by Gasteiger charge is -2.14. The van der Waals surface area contributed by atoms with E-state index in [0.29, 0.717) is 28.5 Å². The molecule has 10 heteroatoms. The number of rotatable bonds is 8. The lowest BCUT2D eigenvalue weighted by atomic mass is 10.1. The normalized spacial score (nSPS) is 10.1. The van der Waals surface area contributed by atoms with Gasteiger partial charge in [0.25, 0.3) is 11.6 Å². The molecule has 0 aliphatic rings. The first-order chi connectivity index (χ1) is 13.8. The number of nitro benzene ring substituents is 1. The molecule has 0 saturated heterocycles. The van der Waals surface area contributed by atoms with Crippen molar-refractivity contribution in [1.82, 2.24) is 0 Å². The van der Waals surface area contributed by atoms with E-state index < -0.39 is 23.4 Å². The number of nitrogens with zero attached hydrogens (tertiary/aromatic N) is 1. The van der Waals surface area contributed by atoms with Crippen molar-refractivity contribution in [2.75, 3.05) is 33.3 Å². The highest BCUT2D eigenvalue weighted by Crippen LogP contribution is 2.39. The molecule has 1 N–H and O–H groups in total. The van der Waals surface area contributed by atoms with Crippen LogP contribution in [-0.4, -0.2) is 44.7 Å². The molecule has 2 aromatic rings. The summed E-state index contributed by atoms with van der Waals surface area (Å²) in [6, 6.07) is 6.97. The lowest BCUT2D eigenvalue weighted by Crippen LogP contribution is -2.21. The molecule has 0 aliphatic heterocycles. The Morgan fingerprint density at radius 3 is 2.17 bits per heavy atom. The van der Waals surface area contributed by atoms with Crippen molar-refractivity contribution in [3.63, 3.8) is 0 Å². The highest BCUT2D eigenvalue weighted by molar-refractivity contribution is 5.96. The molecular weight excluding hydrogens is 384 g/mol. The number of carbonyl (C=O) groups excluding carboxylic acids is 2. The van der Waals surface area contributed by atoms with E-state index in [1.54, 1.807) is 6.92 Å². The molecule has 29 heavy (non-hydrogen) atoms. The molecule has 0 saturated carbocycles. The number of anilines is 1. The van der Waals surface area contributed by atoms with E-state index in [2.05, 4.69) is 5.32 Å². The molecule has 0 aromatic heterocycles. The Labute approximate surface area is 166 Å². The van der Waals surface area contributed by atoms with Gasteiger partial charge in [0.2, 0.25) is 5.75 Å². The summed E-state index contributed by atoms with van der Waals surface area (Å²) < 4.78 is 20.5. The molecule has 0 aliphatic carbocycles. The third-order valence-electron chi connectivity index (χ3n) is 3.92. The Kier molecular flexibility index (Phi) is 6.96. The zero-order valence-corrected chi connectivity index (χ0v) is 16.3. The second-order valence-electron chi connectivity index (χ2n) is 5.80. The first-order valence-electron chi connectivity index (χ1n) is 8.32. The molecule has 154 valence electrons. The summed E-state index contributed by atoms with van der Waals surface area (Å²) in [5.74, 6) is -0.431. The van der Waals surface area contributed by atoms with Crippen molar-refractivity contribution in [2.24, 2.45) is 0 Å². The molecule has 0 unspecified atom stereocenters. The van der Waals surface area contributed by atoms with Crippen LogP contribution in [0.1, 0.15) is 15.9 Å². The Morgan fingerprint density at radius 2 is 1.66 bits per heavy atom. The van der Waals surface area contributed by atoms with Gasteiger partial charge >= 0.3 is 5.97 Å². The Hall–Kier alpha value is -3.82. The molecule has 0 spiro atoms. The number of amides is 1. The van der Waals surface area contributed by atoms with Crippen molar-refractivity contribution in [3.05, 3.63) is 51.6 Å². The molecule has 0 bridgehead atoms. The average Bonchev–Trinajstić information content (AvgIpc) is 2.71. The summed E-state index contributed by atoms with van der Waals surface area (Å²) in [7, 11) is 4.32. The summed E-state index contributed by atoms with van der Waals surface area (Å²) in [5, 5.41) is 13.5. The average molecular weight is 404 g/mol. The van der Waals surface area contributed by atoms with Gasteiger partial charge in [-0.1, -0.05) is 6.07 Å². The minimum atomic E-state index is -0.854. The molecule has 2 rings (SSSR count). The molecule has 2 aromatic carbocycles. The van der Waals surface area contributed by atoms with E-state index in [-0.39, 0.29) is 11.3 Å². The van der Waals surface area contributed by atoms with Crippen LogP contribution >= 0.6 is 0 Å². The monoisotopic (exact) mass is 404 g/mol. The largest absolute Gasteiger partial charge is 0.493 e. The van der Waals surface area contributed by atoms with Crippen molar-refractivity contribution in [3.8, 4) is 17.2 Å². The Balaban J connectivity index is 2.06. The van der Waals surface area contributed by atoms with E-state index in [0.717, 1.165) is 6.07 Å². The van der Waals surface area contributed by atoms with E-state index in [1.807, 2.05) is 0 Å². The van der Waals surface area contributed by atoms with Crippen LogP contribution < -0.4 is 19.5 Å². The first-order valence-corrected chi connectivity index (χ1v) is 8.32. The fourth-order valence-electron chi connectivity index (χ4n) is 2.50. The molecule has 0 fully saturated rings. The number of nitro groups is 1. The molecule has 0 radical (unpaired) electrons. The maximum Gasteiger partial charge on any atom is 0.338 e. The standard InChI is InChI=1S/C19H20N2O8/c1-11-5-6-12(7-14(11)21(24)25)19(23)29-10-17(22)20-13-8-15(26-2)18(28-4)16(9-13)27-3/h5-9H,10H2,1-4H3,(H,20,22). The number of methoxy groups -OCH3 is 3. The van der Waals surface area contributed by atoms with Gasteiger partial charge in [0.1, 0.15) is 0 Å². The molecule has 10 nitrogen and oxygen atoms in total. The number of hydrogen-bond acceptors (Lipinski definition) is 8. The summed E-state index contributed by atoms with van der Waals surface area (Å²) >= 11 is 0. The van der Waals surface area contributed by atoms with Crippen LogP contribution in [0, 0.1) is 17.0 Å². The van der Waals surface area contributed by atoms with Crippen LogP contribution in [0.3, 0.4) is 0 Å². The Bertz CT molecular complexity index is 917. The van der Waals surface area contributed by atoms with E-state index in [9.17, 15) is 19.7 Å². The number of hydrogen-bond donors (Lipinski definition) is 1. The van der Waals surface area contributed by atoms with Crippen LogP contribution in [0.4, 0.5) is 11.4 Å². The SMILES string of the molecule is COc1cc(NC(=O)COC(=O)c2ccc(C)c([N+](=O)[O-])c2)cc(OC)c1OC. The van der Waals surface area contributed by atoms with Crippen LogP contribution in [0.2, 0.25) is 0 Å². The molecule has 0 atom stereocenters. The minimum Gasteiger partial charge on any atom is -0.493 e. The third kappa shape index (κ3) is 5.12. The van der Waals surface area contributed by atoms with Gasteiger partial charge in [-0.3, -0.25) is 14.9 Å². The summed E-state index contributed by atoms with van der Waals surface area (Å²) in [4.78, 5) is 34.6. The minimum absolute atomic E-state index is 0.0251. The quantitative estimate of drug-likeness (QED) is 0.404. The van der Waals surface area contributed by atoms with Crippen molar-refractivity contribution in [1.29, 1.82) is 0 Å². The van der Waals surface area contributed by atoms with Gasteiger partial charge in [-0.05, 0) is 13.0 Å². The fourth-order valence-corrected chi connectivity index (χ4v) is 2.50. The van der Waals surface area contributed by atoms with Gasteiger partial charge in [0.15, 0.2) is 18.1 Å². The number of esters is 1. The predicted molar refractivity (Wildman–Crippen MR) is 103 cm³/mol. The number of ether oxygens (including phenoxy) is 4. The predicted octanol–water partition coefficient (Wildman–Crippen LogP) is 2.72. The van der Waals surface area contributed by atoms with Crippen molar-refractivity contribution < 1.29 is 33.5 Å². The zero-order chi connectivity index (χ0) is 21.6. The molecule has 1 amide bonds. The van der Waals surface area contributed by atoms with E-state index >= 15 is 0 Å². The van der Waals surface area contributed by atoms with Crippen LogP contribution in [0.25, 0.3) is 0 Å². The summed E-state index contributed by atoms with van der Waals surface area (Å²) in [6.45, 7) is 0.968. The lowest BCUT2D eigenvalue weighted by molar-refractivity contribution is -0.385. The van der Waals surface area contributed by atoms with Crippen LogP contribution in [-0.2, 0) is 9.53 Å². The van der Waals surface area contributed by atoms with Gasteiger partial charge in [0, 0.05) is 29.4 Å². The fraction of sp³-hybridized carbons (Fsp3) is 0.263. The van der Waals surface area contributed by atoms with Crippen LogP contribution in [0.5, 0.6) is 17.2 Å². The van der Waals surface area contributed by atoms with Gasteiger partial charge in [-0.15, -0.1) is 0 Å². The third-order valence-corrected chi connectivity index (χ3v) is 3.92. The molecular formula is C19H20N2O8. The number of aryl methyl sites for hydroxylation is 1. The second-order valence-corrected chi connectivity index (χ2v) is 5.80. The van der Waals surface area contributed by atoms with Gasteiger partial charge < -0.3 is 24.3 Å². The summed E-state index contributed by atoms with van der Waals surface area (Å²) in [6.07, 6.45) is 0. The van der Waals surface area contributed by atoms with Gasteiger partial charge in [0.05, 0.1) is 31.8 Å².